The number of hydrogen-bond acceptors (Lipinski definition) is 6. The predicted octanol–water partition coefficient (Wildman–Crippen LogP) is 4.21. The number of rotatable bonds is 3. The first kappa shape index (κ1) is 22.8. The van der Waals surface area contributed by atoms with Crippen molar-refractivity contribution in [2.24, 2.45) is 5.41 Å². The Kier molecular flexibility index (Phi) is 5.61. The lowest BCUT2D eigenvalue weighted by Crippen LogP contribution is -2.56. The first-order chi connectivity index (χ1) is 16.1. The Morgan fingerprint density at radius 3 is 2.62 bits per heavy atom. The summed E-state index contributed by atoms with van der Waals surface area (Å²) in [6.45, 7) is 7.09. The van der Waals surface area contributed by atoms with Crippen LogP contribution in [0.5, 0.6) is 17.2 Å². The molecule has 5 rings (SSSR count). The summed E-state index contributed by atoms with van der Waals surface area (Å²) in [6.07, 6.45) is -2.53. The fourth-order valence-electron chi connectivity index (χ4n) is 4.75. The lowest BCUT2D eigenvalue weighted by Gasteiger charge is -2.44. The first-order valence-electron chi connectivity index (χ1n) is 11.2. The van der Waals surface area contributed by atoms with Gasteiger partial charge < -0.3 is 24.1 Å². The van der Waals surface area contributed by atoms with Gasteiger partial charge in [0.1, 0.15) is 37.8 Å². The third-order valence-corrected chi connectivity index (χ3v) is 6.57. The molecule has 0 fully saturated rings. The molecule has 3 aliphatic heterocycles. The highest BCUT2D eigenvalue weighted by molar-refractivity contribution is 6.31. The first-order valence-corrected chi connectivity index (χ1v) is 11.6. The molecule has 3 aliphatic rings. The van der Waals surface area contributed by atoms with Crippen LogP contribution in [0.1, 0.15) is 44.4 Å². The van der Waals surface area contributed by atoms with Crippen LogP contribution in [-0.2, 0) is 14.3 Å². The number of halogens is 1. The van der Waals surface area contributed by atoms with Crippen molar-refractivity contribution in [3.8, 4) is 17.2 Å². The molecule has 180 valence electrons. The van der Waals surface area contributed by atoms with Crippen LogP contribution < -0.4 is 19.1 Å². The van der Waals surface area contributed by atoms with Gasteiger partial charge in [-0.25, -0.2) is 0 Å². The van der Waals surface area contributed by atoms with Crippen molar-refractivity contribution in [3.63, 3.8) is 0 Å². The van der Waals surface area contributed by atoms with Crippen molar-refractivity contribution in [2.45, 2.75) is 45.4 Å². The molecular formula is C25H26ClNO7. The SMILES string of the molecule is CC(C)(C)[C@@H]1COc2cc(Cl)cc3c2N1C(=O)[C@@H](CC(=O)O)O[C@@H]3c1cccc2c1OCCO2. The van der Waals surface area contributed by atoms with Crippen LogP contribution in [0, 0.1) is 5.41 Å². The van der Waals surface area contributed by atoms with E-state index >= 15 is 0 Å². The number of para-hydroxylation sites is 1. The molecular weight excluding hydrogens is 462 g/mol. The molecule has 0 spiro atoms. The second kappa shape index (κ2) is 8.36. The molecule has 0 unspecified atom stereocenters. The zero-order valence-electron chi connectivity index (χ0n) is 19.2. The molecule has 34 heavy (non-hydrogen) atoms. The van der Waals surface area contributed by atoms with Crippen LogP contribution in [0.2, 0.25) is 5.02 Å². The molecule has 0 bridgehead atoms. The number of aliphatic carboxylic acids is 1. The quantitative estimate of drug-likeness (QED) is 0.692. The van der Waals surface area contributed by atoms with Gasteiger partial charge in [0.25, 0.3) is 5.91 Å². The van der Waals surface area contributed by atoms with Gasteiger partial charge in [0, 0.05) is 22.2 Å². The highest BCUT2D eigenvalue weighted by atomic mass is 35.5. The Morgan fingerprint density at radius 1 is 1.12 bits per heavy atom. The van der Waals surface area contributed by atoms with Crippen molar-refractivity contribution in [3.05, 3.63) is 46.5 Å². The summed E-state index contributed by atoms with van der Waals surface area (Å²) in [6, 6.07) is 8.52. The number of carboxylic acids is 1. The molecule has 3 heterocycles. The molecule has 0 radical (unpaired) electrons. The van der Waals surface area contributed by atoms with E-state index in [2.05, 4.69) is 0 Å². The molecule has 3 atom stereocenters. The van der Waals surface area contributed by atoms with Gasteiger partial charge in [0.2, 0.25) is 0 Å². The third kappa shape index (κ3) is 3.84. The second-order valence-electron chi connectivity index (χ2n) is 9.72. The van der Waals surface area contributed by atoms with Gasteiger partial charge in [-0.1, -0.05) is 44.5 Å². The van der Waals surface area contributed by atoms with E-state index in [0.29, 0.717) is 52.3 Å². The maximum absolute atomic E-state index is 13.9. The zero-order valence-corrected chi connectivity index (χ0v) is 19.9. The standard InChI is InChI=1S/C25H26ClNO7/c1-25(2,3)19-12-33-17-10-13(26)9-15-21(17)27(19)24(30)18(11-20(28)29)34-22(15)14-5-4-6-16-23(14)32-8-7-31-16/h4-6,9-10,18-19,22H,7-8,11-12H2,1-3H3,(H,28,29)/t18-,19+,22-/m1/s1. The van der Waals surface area contributed by atoms with Gasteiger partial charge in [-0.05, 0) is 17.5 Å². The van der Waals surface area contributed by atoms with Crippen molar-refractivity contribution in [1.82, 2.24) is 0 Å². The smallest absolute Gasteiger partial charge is 0.306 e. The van der Waals surface area contributed by atoms with E-state index in [1.165, 1.54) is 0 Å². The fourth-order valence-corrected chi connectivity index (χ4v) is 4.97. The number of ether oxygens (including phenoxy) is 4. The number of benzene rings is 2. The van der Waals surface area contributed by atoms with Gasteiger partial charge in [-0.2, -0.15) is 0 Å². The number of carbonyl (C=O) groups excluding carboxylic acids is 1. The monoisotopic (exact) mass is 487 g/mol. The van der Waals surface area contributed by atoms with Gasteiger partial charge in [-0.15, -0.1) is 0 Å². The minimum absolute atomic E-state index is 0.254. The topological polar surface area (TPSA) is 94.5 Å². The molecule has 0 saturated carbocycles. The summed E-state index contributed by atoms with van der Waals surface area (Å²) in [7, 11) is 0. The molecule has 2 aromatic carbocycles. The van der Waals surface area contributed by atoms with E-state index < -0.39 is 30.5 Å². The molecule has 1 N–H and O–H groups in total. The summed E-state index contributed by atoms with van der Waals surface area (Å²) in [5.41, 5.74) is 1.44. The summed E-state index contributed by atoms with van der Waals surface area (Å²) in [5, 5.41) is 10.0. The highest BCUT2D eigenvalue weighted by Gasteiger charge is 2.48. The minimum Gasteiger partial charge on any atom is -0.489 e. The number of amides is 1. The van der Waals surface area contributed by atoms with E-state index in [9.17, 15) is 14.7 Å². The average molecular weight is 488 g/mol. The largest absolute Gasteiger partial charge is 0.489 e. The Labute approximate surface area is 202 Å². The molecule has 0 saturated heterocycles. The van der Waals surface area contributed by atoms with E-state index in [1.54, 1.807) is 23.1 Å². The molecule has 1 amide bonds. The lowest BCUT2D eigenvalue weighted by atomic mass is 9.84. The number of anilines is 1. The minimum atomic E-state index is -1.22. The van der Waals surface area contributed by atoms with Crippen LogP contribution >= 0.6 is 11.6 Å². The number of hydrogen-bond donors (Lipinski definition) is 1. The van der Waals surface area contributed by atoms with Crippen molar-refractivity contribution in [1.29, 1.82) is 0 Å². The van der Waals surface area contributed by atoms with E-state index in [4.69, 9.17) is 30.5 Å². The third-order valence-electron chi connectivity index (χ3n) is 6.35. The molecule has 9 heteroatoms. The van der Waals surface area contributed by atoms with E-state index in [1.807, 2.05) is 32.9 Å². The molecule has 0 aromatic heterocycles. The van der Waals surface area contributed by atoms with Crippen molar-refractivity contribution in [2.75, 3.05) is 24.7 Å². The summed E-state index contributed by atoms with van der Waals surface area (Å²) in [4.78, 5) is 27.3. The van der Waals surface area contributed by atoms with Crippen LogP contribution in [0.15, 0.2) is 30.3 Å². The molecule has 2 aromatic rings. The average Bonchev–Trinajstić information content (AvgIpc) is 2.89. The fraction of sp³-hybridized carbons (Fsp3) is 0.440. The Bertz CT molecular complexity index is 1160. The number of carbonyl (C=O) groups is 2. The molecule has 8 nitrogen and oxygen atoms in total. The van der Waals surface area contributed by atoms with Crippen LogP contribution in [0.4, 0.5) is 5.69 Å². The summed E-state index contributed by atoms with van der Waals surface area (Å²) >= 11 is 6.48. The maximum atomic E-state index is 13.9. The predicted molar refractivity (Wildman–Crippen MR) is 124 cm³/mol. The Morgan fingerprint density at radius 2 is 1.88 bits per heavy atom. The van der Waals surface area contributed by atoms with E-state index in [-0.39, 0.29) is 18.1 Å². The molecule has 0 aliphatic carbocycles. The maximum Gasteiger partial charge on any atom is 0.306 e. The number of fused-ring (bicyclic) bond motifs is 1. The normalized spacial score (nSPS) is 23.6. The summed E-state index contributed by atoms with van der Waals surface area (Å²) < 4.78 is 24.1. The second-order valence-corrected chi connectivity index (χ2v) is 10.2. The number of carboxylic acid groups (broad SMARTS) is 1. The van der Waals surface area contributed by atoms with E-state index in [0.717, 1.165) is 0 Å². The van der Waals surface area contributed by atoms with Crippen LogP contribution in [-0.4, -0.2) is 48.9 Å². The highest BCUT2D eigenvalue weighted by Crippen LogP contribution is 2.51. The van der Waals surface area contributed by atoms with Gasteiger partial charge in [0.15, 0.2) is 11.5 Å². The lowest BCUT2D eigenvalue weighted by molar-refractivity contribution is -0.147. The van der Waals surface area contributed by atoms with Crippen LogP contribution in [0.25, 0.3) is 0 Å². The van der Waals surface area contributed by atoms with Gasteiger partial charge in [-0.3, -0.25) is 14.5 Å². The van der Waals surface area contributed by atoms with Crippen molar-refractivity contribution >= 4 is 29.2 Å². The Balaban J connectivity index is 1.76. The van der Waals surface area contributed by atoms with Crippen molar-refractivity contribution < 1.29 is 33.6 Å². The number of nitrogens with zero attached hydrogens (tertiary/aromatic N) is 1. The Hall–Kier alpha value is -2.97. The van der Waals surface area contributed by atoms with Gasteiger partial charge >= 0.3 is 5.97 Å². The zero-order chi connectivity index (χ0) is 24.2. The summed E-state index contributed by atoms with van der Waals surface area (Å²) in [5.74, 6) is -0.0137. The van der Waals surface area contributed by atoms with Gasteiger partial charge in [0.05, 0.1) is 18.2 Å². The van der Waals surface area contributed by atoms with Crippen LogP contribution in [0.3, 0.4) is 0 Å².